The van der Waals surface area contributed by atoms with Gasteiger partial charge >= 0.3 is 6.36 Å². The third-order valence-electron chi connectivity index (χ3n) is 4.40. The molecule has 1 aromatic heterocycles. The summed E-state index contributed by atoms with van der Waals surface area (Å²) in [6.45, 7) is 0.624. The van der Waals surface area contributed by atoms with Crippen molar-refractivity contribution in [1.82, 2.24) is 20.0 Å². The molecular weight excluding hydrogens is 486 g/mol. The van der Waals surface area contributed by atoms with E-state index in [2.05, 4.69) is 20.1 Å². The average Bonchev–Trinajstić information content (AvgIpc) is 3.24. The minimum absolute atomic E-state index is 0. The summed E-state index contributed by atoms with van der Waals surface area (Å²) in [5, 5.41) is 7.46. The van der Waals surface area contributed by atoms with Crippen molar-refractivity contribution >= 4 is 29.9 Å². The second kappa shape index (κ2) is 9.01. The van der Waals surface area contributed by atoms with Gasteiger partial charge in [0, 0.05) is 51.4 Å². The first kappa shape index (κ1) is 22.3. The monoisotopic (exact) mass is 509 g/mol. The van der Waals surface area contributed by atoms with Crippen LogP contribution >= 0.6 is 24.0 Å². The maximum atomic E-state index is 12.6. The van der Waals surface area contributed by atoms with Gasteiger partial charge in [0.25, 0.3) is 0 Å². The van der Waals surface area contributed by atoms with Crippen molar-refractivity contribution in [2.75, 3.05) is 14.1 Å². The van der Waals surface area contributed by atoms with Crippen LogP contribution in [-0.4, -0.2) is 47.1 Å². The van der Waals surface area contributed by atoms with Gasteiger partial charge in [-0.15, -0.1) is 37.1 Å². The maximum absolute atomic E-state index is 12.6. The van der Waals surface area contributed by atoms with E-state index in [-0.39, 0.29) is 41.7 Å². The zero-order chi connectivity index (χ0) is 19.6. The molecule has 3 rings (SSSR count). The molecular formula is C18H23F3IN5O. The van der Waals surface area contributed by atoms with Gasteiger partial charge in [0.05, 0.1) is 6.20 Å². The number of aliphatic imine (C=N–C) groups is 1. The predicted octanol–water partition coefficient (Wildman–Crippen LogP) is 3.50. The summed E-state index contributed by atoms with van der Waals surface area (Å²) in [5.41, 5.74) is 1.59. The molecule has 154 valence electrons. The Morgan fingerprint density at radius 3 is 2.71 bits per heavy atom. The lowest BCUT2D eigenvalue weighted by Crippen LogP contribution is -2.40. The van der Waals surface area contributed by atoms with Crippen molar-refractivity contribution in [2.45, 2.75) is 31.3 Å². The topological polar surface area (TPSA) is 54.7 Å². The van der Waals surface area contributed by atoms with Crippen LogP contribution < -0.4 is 10.1 Å². The molecule has 2 atom stereocenters. The van der Waals surface area contributed by atoms with Crippen LogP contribution in [0.25, 0.3) is 0 Å². The average molecular weight is 509 g/mol. The summed E-state index contributed by atoms with van der Waals surface area (Å²) in [7, 11) is 5.44. The van der Waals surface area contributed by atoms with E-state index < -0.39 is 6.36 Å². The van der Waals surface area contributed by atoms with Crippen molar-refractivity contribution in [2.24, 2.45) is 12.0 Å². The summed E-state index contributed by atoms with van der Waals surface area (Å²) >= 11 is 0. The fourth-order valence-electron chi connectivity index (χ4n) is 3.12. The van der Waals surface area contributed by atoms with Gasteiger partial charge in [-0.2, -0.15) is 5.10 Å². The standard InChI is InChI=1S/C18H22F3N5O.HI/c1-22-17(25(2)10-12-9-23-26(3)11-12)24-15-8-14(15)13-6-4-5-7-16(13)27-18(19,20)21;/h4-7,9,11,14-15H,8,10H2,1-3H3,(H,22,24);1H. The van der Waals surface area contributed by atoms with E-state index >= 15 is 0 Å². The van der Waals surface area contributed by atoms with Gasteiger partial charge < -0.3 is 15.0 Å². The van der Waals surface area contributed by atoms with Crippen LogP contribution in [0.4, 0.5) is 13.2 Å². The summed E-state index contributed by atoms with van der Waals surface area (Å²) in [4.78, 5) is 6.22. The lowest BCUT2D eigenvalue weighted by molar-refractivity contribution is -0.274. The van der Waals surface area contributed by atoms with E-state index in [1.807, 2.05) is 25.2 Å². The summed E-state index contributed by atoms with van der Waals surface area (Å²) in [6, 6.07) is 6.29. The highest BCUT2D eigenvalue weighted by molar-refractivity contribution is 14.0. The molecule has 1 fully saturated rings. The number of nitrogens with zero attached hydrogens (tertiary/aromatic N) is 4. The number of benzene rings is 1. The number of ether oxygens (including phenoxy) is 1. The molecule has 0 bridgehead atoms. The fraction of sp³-hybridized carbons (Fsp3) is 0.444. The fourth-order valence-corrected chi connectivity index (χ4v) is 3.12. The molecule has 0 spiro atoms. The lowest BCUT2D eigenvalue weighted by atomic mass is 10.1. The number of hydrogen-bond acceptors (Lipinski definition) is 3. The molecule has 1 aliphatic carbocycles. The normalized spacial score (nSPS) is 19.0. The third kappa shape index (κ3) is 5.76. The van der Waals surface area contributed by atoms with E-state index in [1.54, 1.807) is 30.1 Å². The van der Waals surface area contributed by atoms with Crippen molar-refractivity contribution in [3.8, 4) is 5.75 Å². The molecule has 0 saturated heterocycles. The van der Waals surface area contributed by atoms with Crippen LogP contribution in [0.2, 0.25) is 0 Å². The van der Waals surface area contributed by atoms with Crippen molar-refractivity contribution in [3.05, 3.63) is 47.8 Å². The molecule has 1 heterocycles. The summed E-state index contributed by atoms with van der Waals surface area (Å²) < 4.78 is 43.7. The van der Waals surface area contributed by atoms with Crippen LogP contribution in [0.15, 0.2) is 41.7 Å². The Morgan fingerprint density at radius 2 is 2.11 bits per heavy atom. The van der Waals surface area contributed by atoms with Crippen molar-refractivity contribution in [3.63, 3.8) is 0 Å². The number of aromatic nitrogens is 2. The van der Waals surface area contributed by atoms with E-state index in [9.17, 15) is 13.2 Å². The van der Waals surface area contributed by atoms with Crippen LogP contribution in [0.1, 0.15) is 23.5 Å². The third-order valence-corrected chi connectivity index (χ3v) is 4.40. The van der Waals surface area contributed by atoms with Crippen molar-refractivity contribution < 1.29 is 17.9 Å². The molecule has 1 aromatic carbocycles. The quantitative estimate of drug-likeness (QED) is 0.381. The molecule has 1 saturated carbocycles. The molecule has 2 unspecified atom stereocenters. The smallest absolute Gasteiger partial charge is 0.405 e. The first-order valence-electron chi connectivity index (χ1n) is 8.53. The molecule has 2 aromatic rings. The predicted molar refractivity (Wildman–Crippen MR) is 111 cm³/mol. The number of guanidine groups is 1. The number of rotatable bonds is 5. The second-order valence-corrected chi connectivity index (χ2v) is 6.60. The molecule has 0 aliphatic heterocycles. The van der Waals surface area contributed by atoms with Crippen LogP contribution in [-0.2, 0) is 13.6 Å². The van der Waals surface area contributed by atoms with Crippen molar-refractivity contribution in [1.29, 1.82) is 0 Å². The lowest BCUT2D eigenvalue weighted by Gasteiger charge is -2.22. The Morgan fingerprint density at radius 1 is 1.39 bits per heavy atom. The molecule has 28 heavy (non-hydrogen) atoms. The Hall–Kier alpha value is -1.98. The molecule has 1 N–H and O–H groups in total. The number of hydrogen-bond donors (Lipinski definition) is 1. The van der Waals surface area contributed by atoms with E-state index in [0.717, 1.165) is 12.0 Å². The Labute approximate surface area is 178 Å². The van der Waals surface area contributed by atoms with Crippen LogP contribution in [0.5, 0.6) is 5.75 Å². The van der Waals surface area contributed by atoms with E-state index in [1.165, 1.54) is 12.1 Å². The summed E-state index contributed by atoms with van der Waals surface area (Å²) in [5.74, 6) is 0.491. The van der Waals surface area contributed by atoms with Gasteiger partial charge in [0.15, 0.2) is 5.96 Å². The van der Waals surface area contributed by atoms with Gasteiger partial charge in [0.1, 0.15) is 5.75 Å². The SMILES string of the molecule is CN=C(NC1CC1c1ccccc1OC(F)(F)F)N(C)Cc1cnn(C)c1.I. The van der Waals surface area contributed by atoms with Gasteiger partial charge in [-0.1, -0.05) is 18.2 Å². The number of nitrogens with one attached hydrogen (secondary N) is 1. The highest BCUT2D eigenvalue weighted by Crippen LogP contribution is 2.45. The Kier molecular flexibility index (Phi) is 7.18. The Bertz CT molecular complexity index is 824. The maximum Gasteiger partial charge on any atom is 0.573 e. The zero-order valence-corrected chi connectivity index (χ0v) is 18.1. The highest BCUT2D eigenvalue weighted by atomic mass is 127. The van der Waals surface area contributed by atoms with Crippen LogP contribution in [0, 0.1) is 0 Å². The van der Waals surface area contributed by atoms with E-state index in [4.69, 9.17) is 0 Å². The van der Waals surface area contributed by atoms with Crippen LogP contribution in [0.3, 0.4) is 0 Å². The second-order valence-electron chi connectivity index (χ2n) is 6.60. The minimum Gasteiger partial charge on any atom is -0.405 e. The van der Waals surface area contributed by atoms with Gasteiger partial charge in [-0.05, 0) is 18.1 Å². The van der Waals surface area contributed by atoms with E-state index in [0.29, 0.717) is 18.1 Å². The van der Waals surface area contributed by atoms with Gasteiger partial charge in [-0.25, -0.2) is 0 Å². The first-order valence-corrected chi connectivity index (χ1v) is 8.53. The first-order chi connectivity index (χ1) is 12.8. The van der Waals surface area contributed by atoms with Gasteiger partial charge in [0.2, 0.25) is 0 Å². The molecule has 6 nitrogen and oxygen atoms in total. The molecule has 1 aliphatic rings. The summed E-state index contributed by atoms with van der Waals surface area (Å²) in [6.07, 6.45) is -0.269. The minimum atomic E-state index is -4.70. The highest BCUT2D eigenvalue weighted by Gasteiger charge is 2.42. The number of alkyl halides is 3. The number of halogens is 4. The molecule has 10 heteroatoms. The largest absolute Gasteiger partial charge is 0.573 e. The number of para-hydroxylation sites is 1. The zero-order valence-electron chi connectivity index (χ0n) is 15.8. The Balaban J connectivity index is 0.00000280. The molecule has 0 amide bonds. The van der Waals surface area contributed by atoms with Gasteiger partial charge in [-0.3, -0.25) is 9.67 Å². The number of aryl methyl sites for hydroxylation is 1. The molecule has 0 radical (unpaired) electrons.